The number of benzene rings is 2. The topological polar surface area (TPSA) is 110 Å². The van der Waals surface area contributed by atoms with Gasteiger partial charge in [0.05, 0.1) is 40.2 Å². The third-order valence-corrected chi connectivity index (χ3v) is 6.81. The van der Waals surface area contributed by atoms with Crippen molar-refractivity contribution in [3.63, 3.8) is 0 Å². The first kappa shape index (κ1) is 26.6. The summed E-state index contributed by atoms with van der Waals surface area (Å²) in [5, 5.41) is 14.6. The number of amides is 1. The summed E-state index contributed by atoms with van der Waals surface area (Å²) in [6.45, 7) is 2.58. The summed E-state index contributed by atoms with van der Waals surface area (Å²) in [4.78, 5) is 27.2. The third-order valence-electron chi connectivity index (χ3n) is 6.51. The molecule has 2 N–H and O–H groups in total. The molecular formula is C29H30ClN5O4. The number of nitrogens with one attached hydrogen (secondary N) is 1. The monoisotopic (exact) mass is 547 g/mol. The minimum Gasteiger partial charge on any atom is -0.488 e. The molecule has 1 aliphatic carbocycles. The number of carbonyl (C=O) groups excluding carboxylic acids is 1. The lowest BCUT2D eigenvalue weighted by Gasteiger charge is -2.24. The summed E-state index contributed by atoms with van der Waals surface area (Å²) in [7, 11) is 1.72. The minimum absolute atomic E-state index is 0.0987. The van der Waals surface area contributed by atoms with Crippen LogP contribution in [0.1, 0.15) is 31.9 Å². The van der Waals surface area contributed by atoms with Gasteiger partial charge in [-0.3, -0.25) is 9.78 Å². The number of halogens is 1. The Balaban J connectivity index is 1.29. The predicted octanol–water partition coefficient (Wildman–Crippen LogP) is 5.14. The molecule has 2 aromatic carbocycles. The second-order valence-corrected chi connectivity index (χ2v) is 10.3. The number of carbonyl (C=O) groups is 1. The first-order valence-electron chi connectivity index (χ1n) is 12.8. The minimum atomic E-state index is -0.824. The molecule has 39 heavy (non-hydrogen) atoms. The van der Waals surface area contributed by atoms with Crippen molar-refractivity contribution >= 4 is 39.9 Å². The molecule has 1 aliphatic rings. The fourth-order valence-corrected chi connectivity index (χ4v) is 4.45. The van der Waals surface area contributed by atoms with E-state index in [9.17, 15) is 9.90 Å². The normalized spacial score (nSPS) is 14.5. The van der Waals surface area contributed by atoms with Gasteiger partial charge in [-0.25, -0.2) is 9.97 Å². The maximum Gasteiger partial charge on any atom is 0.225 e. The Morgan fingerprint density at radius 1 is 1.13 bits per heavy atom. The zero-order valence-electron chi connectivity index (χ0n) is 21.8. The Labute approximate surface area is 231 Å². The quantitative estimate of drug-likeness (QED) is 0.265. The molecule has 9 nitrogen and oxygen atoms in total. The van der Waals surface area contributed by atoms with Crippen LogP contribution in [-0.2, 0) is 11.4 Å². The van der Waals surface area contributed by atoms with Crippen molar-refractivity contribution in [3.05, 3.63) is 77.8 Å². The summed E-state index contributed by atoms with van der Waals surface area (Å²) in [5.74, 6) is 1.59. The standard InChI is InChI=1S/C29H30ClN5O4/c1-19(16-35(2)26(36)15-29(37)11-12-29)39-25-8-5-7-23-27(25)28(33-18-32-23)34-20-9-10-24(22(30)14-20)38-17-21-6-3-4-13-31-21/h3-10,13-14,18-19,37H,11-12,15-17H2,1-2H3,(H,32,33,34)/t19-/m1/s1. The Hall–Kier alpha value is -3.95. The highest BCUT2D eigenvalue weighted by molar-refractivity contribution is 6.32. The molecule has 0 aliphatic heterocycles. The van der Waals surface area contributed by atoms with Gasteiger partial charge >= 0.3 is 0 Å². The molecule has 10 heteroatoms. The van der Waals surface area contributed by atoms with Crippen LogP contribution in [0.4, 0.5) is 11.5 Å². The molecule has 2 aromatic heterocycles. The van der Waals surface area contributed by atoms with Crippen LogP contribution < -0.4 is 14.8 Å². The van der Waals surface area contributed by atoms with Crippen molar-refractivity contribution in [2.24, 2.45) is 0 Å². The van der Waals surface area contributed by atoms with Gasteiger partial charge < -0.3 is 24.8 Å². The molecule has 0 bridgehead atoms. The van der Waals surface area contributed by atoms with Crippen molar-refractivity contribution in [1.82, 2.24) is 19.9 Å². The molecule has 0 spiro atoms. The predicted molar refractivity (Wildman–Crippen MR) is 149 cm³/mol. The van der Waals surface area contributed by atoms with E-state index >= 15 is 0 Å². The lowest BCUT2D eigenvalue weighted by Crippen LogP contribution is -2.37. The van der Waals surface area contributed by atoms with E-state index in [0.717, 1.165) is 11.4 Å². The summed E-state index contributed by atoms with van der Waals surface area (Å²) in [6, 6.07) is 16.7. The maximum absolute atomic E-state index is 12.5. The number of hydrogen-bond donors (Lipinski definition) is 2. The molecule has 4 aromatic rings. The fourth-order valence-electron chi connectivity index (χ4n) is 4.22. The van der Waals surface area contributed by atoms with E-state index < -0.39 is 5.60 Å². The van der Waals surface area contributed by atoms with Crippen molar-refractivity contribution in [3.8, 4) is 11.5 Å². The zero-order valence-corrected chi connectivity index (χ0v) is 22.6. The zero-order chi connectivity index (χ0) is 27.4. The van der Waals surface area contributed by atoms with E-state index in [2.05, 4.69) is 20.3 Å². The molecule has 1 amide bonds. The van der Waals surface area contributed by atoms with Crippen LogP contribution in [0.15, 0.2) is 67.1 Å². The van der Waals surface area contributed by atoms with Crippen molar-refractivity contribution in [1.29, 1.82) is 0 Å². The lowest BCUT2D eigenvalue weighted by molar-refractivity contribution is -0.133. The molecule has 202 valence electrons. The summed E-state index contributed by atoms with van der Waals surface area (Å²) < 4.78 is 12.1. The molecule has 1 saturated carbocycles. The number of likely N-dealkylation sites (N-methyl/N-ethyl adjacent to an activating group) is 1. The summed E-state index contributed by atoms with van der Waals surface area (Å²) in [6.07, 6.45) is 4.39. The number of nitrogens with zero attached hydrogens (tertiary/aromatic N) is 4. The summed E-state index contributed by atoms with van der Waals surface area (Å²) in [5.41, 5.74) is 1.41. The van der Waals surface area contributed by atoms with Crippen molar-refractivity contribution in [2.45, 2.75) is 44.5 Å². The highest BCUT2D eigenvalue weighted by Gasteiger charge is 2.42. The van der Waals surface area contributed by atoms with Gasteiger partial charge in [0.25, 0.3) is 0 Å². The number of aliphatic hydroxyl groups is 1. The van der Waals surface area contributed by atoms with E-state index in [1.54, 1.807) is 30.3 Å². The highest BCUT2D eigenvalue weighted by atomic mass is 35.5. The average Bonchev–Trinajstić information content (AvgIpc) is 3.65. The Bertz CT molecular complexity index is 1460. The van der Waals surface area contributed by atoms with Crippen LogP contribution >= 0.6 is 11.6 Å². The molecule has 0 radical (unpaired) electrons. The molecule has 0 saturated heterocycles. The maximum atomic E-state index is 12.5. The van der Waals surface area contributed by atoms with Crippen LogP contribution in [0.2, 0.25) is 5.02 Å². The van der Waals surface area contributed by atoms with E-state index in [-0.39, 0.29) is 18.4 Å². The van der Waals surface area contributed by atoms with Crippen LogP contribution in [0.5, 0.6) is 11.5 Å². The third kappa shape index (κ3) is 6.74. The number of pyridine rings is 1. The first-order valence-corrected chi connectivity index (χ1v) is 13.1. The number of hydrogen-bond acceptors (Lipinski definition) is 8. The molecule has 1 fully saturated rings. The highest BCUT2D eigenvalue weighted by Crippen LogP contribution is 2.39. The van der Waals surface area contributed by atoms with Crippen molar-refractivity contribution in [2.75, 3.05) is 18.9 Å². The molecule has 1 atom stereocenters. The molecule has 2 heterocycles. The van der Waals surface area contributed by atoms with Crippen LogP contribution in [-0.4, -0.2) is 56.2 Å². The number of rotatable bonds is 11. The van der Waals surface area contributed by atoms with E-state index in [1.165, 1.54) is 6.33 Å². The Morgan fingerprint density at radius 2 is 1.97 bits per heavy atom. The van der Waals surface area contributed by atoms with E-state index in [4.69, 9.17) is 21.1 Å². The summed E-state index contributed by atoms with van der Waals surface area (Å²) >= 11 is 6.51. The van der Waals surface area contributed by atoms with E-state index in [0.29, 0.717) is 59.2 Å². The van der Waals surface area contributed by atoms with Gasteiger partial charge in [-0.1, -0.05) is 23.7 Å². The second-order valence-electron chi connectivity index (χ2n) is 9.86. The fraction of sp³-hybridized carbons (Fsp3) is 0.310. The molecule has 5 rings (SSSR count). The Morgan fingerprint density at radius 3 is 2.72 bits per heavy atom. The van der Waals surface area contributed by atoms with Crippen LogP contribution in [0, 0.1) is 0 Å². The second kappa shape index (κ2) is 11.4. The number of anilines is 2. The number of ether oxygens (including phenoxy) is 2. The van der Waals surface area contributed by atoms with Crippen LogP contribution in [0.25, 0.3) is 10.9 Å². The number of fused-ring (bicyclic) bond motifs is 1. The molecule has 0 unspecified atom stereocenters. The van der Waals surface area contributed by atoms with Crippen LogP contribution in [0.3, 0.4) is 0 Å². The van der Waals surface area contributed by atoms with E-state index in [1.807, 2.05) is 49.4 Å². The molecular weight excluding hydrogens is 518 g/mol. The largest absolute Gasteiger partial charge is 0.488 e. The average molecular weight is 548 g/mol. The van der Waals surface area contributed by atoms with Gasteiger partial charge in [0, 0.05) is 18.9 Å². The Kier molecular flexibility index (Phi) is 7.81. The smallest absolute Gasteiger partial charge is 0.225 e. The lowest BCUT2D eigenvalue weighted by atomic mass is 10.2. The van der Waals surface area contributed by atoms with Crippen molar-refractivity contribution < 1.29 is 19.4 Å². The SMILES string of the molecule is C[C@H](CN(C)C(=O)CC1(O)CC1)Oc1cccc2ncnc(Nc3ccc(OCc4ccccn4)c(Cl)c3)c12. The van der Waals surface area contributed by atoms with Gasteiger partial charge in [-0.05, 0) is 62.2 Å². The first-order chi connectivity index (χ1) is 18.8. The van der Waals surface area contributed by atoms with Gasteiger partial charge in [0.2, 0.25) is 5.91 Å². The number of aromatic nitrogens is 3. The van der Waals surface area contributed by atoms with Gasteiger partial charge in [0.1, 0.15) is 36.4 Å². The van der Waals surface area contributed by atoms with Gasteiger partial charge in [-0.15, -0.1) is 0 Å². The van der Waals surface area contributed by atoms with Gasteiger partial charge in [0.15, 0.2) is 0 Å². The van der Waals surface area contributed by atoms with Gasteiger partial charge in [-0.2, -0.15) is 0 Å².